The van der Waals surface area contributed by atoms with Crippen molar-refractivity contribution in [2.75, 3.05) is 11.9 Å². The van der Waals surface area contributed by atoms with Gasteiger partial charge in [0.05, 0.1) is 5.69 Å². The van der Waals surface area contributed by atoms with Gasteiger partial charge in [0, 0.05) is 17.1 Å². The topological polar surface area (TPSA) is 24.1 Å². The zero-order valence-corrected chi connectivity index (χ0v) is 13.1. The molecule has 0 radical (unpaired) electrons. The molecular weight excluding hydrogens is 287 g/mol. The van der Waals surface area contributed by atoms with Crippen LogP contribution in [-0.2, 0) is 0 Å². The van der Waals surface area contributed by atoms with Gasteiger partial charge in [0.2, 0.25) is 0 Å². The average Bonchev–Trinajstić information content (AvgIpc) is 2.52. The van der Waals surface area contributed by atoms with Gasteiger partial charge in [-0.3, -0.25) is 0 Å². The van der Waals surface area contributed by atoms with Crippen molar-refractivity contribution in [3.63, 3.8) is 0 Å². The van der Waals surface area contributed by atoms with Gasteiger partial charge in [-0.05, 0) is 56.3 Å². The van der Waals surface area contributed by atoms with E-state index >= 15 is 0 Å². The van der Waals surface area contributed by atoms with Crippen LogP contribution >= 0.6 is 11.6 Å². The predicted octanol–water partition coefficient (Wildman–Crippen LogP) is 4.59. The molecule has 1 saturated carbocycles. The summed E-state index contributed by atoms with van der Waals surface area (Å²) in [6.45, 7) is 1.12. The Balaban J connectivity index is 1.73. The molecule has 21 heavy (non-hydrogen) atoms. The summed E-state index contributed by atoms with van der Waals surface area (Å²) in [5.41, 5.74) is 0.551. The van der Waals surface area contributed by atoms with Crippen LogP contribution in [0.5, 0.6) is 0 Å². The van der Waals surface area contributed by atoms with E-state index in [1.54, 1.807) is 12.1 Å². The van der Waals surface area contributed by atoms with Gasteiger partial charge < -0.3 is 10.6 Å². The molecule has 2 aliphatic rings. The van der Waals surface area contributed by atoms with Crippen molar-refractivity contribution in [1.29, 1.82) is 0 Å². The molecule has 3 rings (SSSR count). The lowest BCUT2D eigenvalue weighted by Crippen LogP contribution is -2.48. The van der Waals surface area contributed by atoms with Crippen molar-refractivity contribution < 1.29 is 4.39 Å². The van der Waals surface area contributed by atoms with Crippen LogP contribution in [0.2, 0.25) is 5.02 Å². The predicted molar refractivity (Wildman–Crippen MR) is 86.4 cm³/mol. The number of anilines is 1. The molecule has 3 unspecified atom stereocenters. The summed E-state index contributed by atoms with van der Waals surface area (Å²) in [5, 5.41) is 7.69. The fourth-order valence-electron chi connectivity index (χ4n) is 3.87. The number of hydrogen-bond acceptors (Lipinski definition) is 2. The molecule has 1 saturated heterocycles. The normalized spacial score (nSPS) is 30.1. The first-order chi connectivity index (χ1) is 10.2. The van der Waals surface area contributed by atoms with Crippen LogP contribution < -0.4 is 10.6 Å². The van der Waals surface area contributed by atoms with Gasteiger partial charge in [0.25, 0.3) is 0 Å². The Morgan fingerprint density at radius 3 is 2.71 bits per heavy atom. The summed E-state index contributed by atoms with van der Waals surface area (Å²) >= 11 is 6.00. The molecule has 3 atom stereocenters. The Kier molecular flexibility index (Phi) is 5.02. The zero-order chi connectivity index (χ0) is 14.7. The Hall–Kier alpha value is -0.800. The van der Waals surface area contributed by atoms with Crippen molar-refractivity contribution in [1.82, 2.24) is 5.32 Å². The lowest BCUT2D eigenvalue weighted by atomic mass is 9.77. The summed E-state index contributed by atoms with van der Waals surface area (Å²) in [6, 6.07) is 5.68. The molecule has 0 aromatic heterocycles. The molecule has 1 aliphatic carbocycles. The molecule has 1 aromatic carbocycles. The molecule has 2 nitrogen and oxygen atoms in total. The van der Waals surface area contributed by atoms with Crippen LogP contribution in [0.25, 0.3) is 0 Å². The summed E-state index contributed by atoms with van der Waals surface area (Å²) in [4.78, 5) is 0. The first-order valence-corrected chi connectivity index (χ1v) is 8.57. The van der Waals surface area contributed by atoms with Crippen molar-refractivity contribution in [2.45, 2.75) is 57.0 Å². The fraction of sp³-hybridized carbons (Fsp3) is 0.647. The van der Waals surface area contributed by atoms with E-state index in [1.807, 2.05) is 0 Å². The monoisotopic (exact) mass is 310 g/mol. The number of nitrogens with one attached hydrogen (secondary N) is 2. The third kappa shape index (κ3) is 3.70. The molecule has 1 aliphatic heterocycles. The van der Waals surface area contributed by atoms with Gasteiger partial charge in [-0.2, -0.15) is 0 Å². The standard InChI is InChI=1S/C17H24ClFN2/c18-12-8-9-14(19)17(11-12)21-16-7-2-1-5-13(16)15-6-3-4-10-20-15/h8-9,11,13,15-16,20-21H,1-7,10H2. The number of halogens is 2. The van der Waals surface area contributed by atoms with E-state index in [0.717, 1.165) is 13.0 Å². The first kappa shape index (κ1) is 15.1. The number of hydrogen-bond donors (Lipinski definition) is 2. The largest absolute Gasteiger partial charge is 0.380 e. The van der Waals surface area contributed by atoms with Crippen LogP contribution in [-0.4, -0.2) is 18.6 Å². The number of piperidine rings is 1. The molecular formula is C17H24ClFN2. The maximum absolute atomic E-state index is 14.0. The van der Waals surface area contributed by atoms with E-state index in [9.17, 15) is 4.39 Å². The second-order valence-corrected chi connectivity index (χ2v) is 6.82. The van der Waals surface area contributed by atoms with Gasteiger partial charge in [-0.25, -0.2) is 4.39 Å². The van der Waals surface area contributed by atoms with E-state index in [0.29, 0.717) is 28.7 Å². The van der Waals surface area contributed by atoms with E-state index in [1.165, 1.54) is 44.6 Å². The van der Waals surface area contributed by atoms with Crippen molar-refractivity contribution in [2.24, 2.45) is 5.92 Å². The van der Waals surface area contributed by atoms with Crippen LogP contribution in [0, 0.1) is 11.7 Å². The molecule has 1 heterocycles. The third-order valence-electron chi connectivity index (χ3n) is 4.95. The minimum atomic E-state index is -0.208. The lowest BCUT2D eigenvalue weighted by molar-refractivity contribution is 0.217. The van der Waals surface area contributed by atoms with E-state index in [2.05, 4.69) is 10.6 Å². The van der Waals surface area contributed by atoms with Gasteiger partial charge in [-0.1, -0.05) is 30.9 Å². The Morgan fingerprint density at radius 1 is 1.10 bits per heavy atom. The smallest absolute Gasteiger partial charge is 0.146 e. The highest BCUT2D eigenvalue weighted by Gasteiger charge is 2.32. The van der Waals surface area contributed by atoms with Gasteiger partial charge in [0.1, 0.15) is 5.82 Å². The highest BCUT2D eigenvalue weighted by atomic mass is 35.5. The van der Waals surface area contributed by atoms with Crippen molar-refractivity contribution in [3.8, 4) is 0 Å². The lowest BCUT2D eigenvalue weighted by Gasteiger charge is -2.40. The quantitative estimate of drug-likeness (QED) is 0.853. The summed E-state index contributed by atoms with van der Waals surface area (Å²) < 4.78 is 14.0. The molecule has 116 valence electrons. The molecule has 4 heteroatoms. The van der Waals surface area contributed by atoms with Gasteiger partial charge in [-0.15, -0.1) is 0 Å². The minimum absolute atomic E-state index is 0.208. The second-order valence-electron chi connectivity index (χ2n) is 6.38. The Labute approximate surface area is 131 Å². The zero-order valence-electron chi connectivity index (χ0n) is 12.4. The Morgan fingerprint density at radius 2 is 1.90 bits per heavy atom. The molecule has 2 fully saturated rings. The van der Waals surface area contributed by atoms with Gasteiger partial charge >= 0.3 is 0 Å². The first-order valence-electron chi connectivity index (χ1n) is 8.19. The molecule has 2 N–H and O–H groups in total. The highest BCUT2D eigenvalue weighted by molar-refractivity contribution is 6.30. The maximum atomic E-state index is 14.0. The highest BCUT2D eigenvalue weighted by Crippen LogP contribution is 2.33. The average molecular weight is 311 g/mol. The second kappa shape index (κ2) is 6.97. The Bertz CT molecular complexity index is 474. The fourth-order valence-corrected chi connectivity index (χ4v) is 4.04. The van der Waals surface area contributed by atoms with Crippen molar-refractivity contribution >= 4 is 17.3 Å². The van der Waals surface area contributed by atoms with Crippen LogP contribution in [0.3, 0.4) is 0 Å². The van der Waals surface area contributed by atoms with Crippen molar-refractivity contribution in [3.05, 3.63) is 29.0 Å². The van der Waals surface area contributed by atoms with Crippen LogP contribution in [0.4, 0.5) is 10.1 Å². The van der Waals surface area contributed by atoms with Gasteiger partial charge in [0.15, 0.2) is 0 Å². The summed E-state index contributed by atoms with van der Waals surface area (Å²) in [5.74, 6) is 0.387. The van der Waals surface area contributed by atoms with Crippen LogP contribution in [0.15, 0.2) is 18.2 Å². The number of rotatable bonds is 3. The summed E-state index contributed by atoms with van der Waals surface area (Å²) in [6.07, 6.45) is 8.71. The molecule has 0 amide bonds. The third-order valence-corrected chi connectivity index (χ3v) is 5.19. The molecule has 0 spiro atoms. The number of benzene rings is 1. The van der Waals surface area contributed by atoms with E-state index < -0.39 is 0 Å². The SMILES string of the molecule is Fc1ccc(Cl)cc1NC1CCCCC1C1CCCCN1. The van der Waals surface area contributed by atoms with E-state index in [4.69, 9.17) is 11.6 Å². The maximum Gasteiger partial charge on any atom is 0.146 e. The van der Waals surface area contributed by atoms with Crippen LogP contribution in [0.1, 0.15) is 44.9 Å². The molecule has 1 aromatic rings. The van der Waals surface area contributed by atoms with E-state index in [-0.39, 0.29) is 5.82 Å². The molecule has 0 bridgehead atoms. The minimum Gasteiger partial charge on any atom is -0.380 e. The summed E-state index contributed by atoms with van der Waals surface area (Å²) in [7, 11) is 0.